The molecule has 0 aliphatic carbocycles. The molecule has 2 atom stereocenters. The standard InChI is InChI=1S/C21H21F2N3O3/c1-13-12-18(26-29-13)25-20(27)14(2)24-19(15-6-4-3-5-7-15)16-8-10-17(11-9-16)28-21(22)23/h3-12,14,19,21,24H,1-2H3,(H,25,26,27). The molecule has 2 N–H and O–H groups in total. The van der Waals surface area contributed by atoms with Gasteiger partial charge in [0.15, 0.2) is 5.82 Å². The van der Waals surface area contributed by atoms with Crippen LogP contribution in [0.1, 0.15) is 29.9 Å². The molecule has 0 bridgehead atoms. The number of hydrogen-bond donors (Lipinski definition) is 2. The van der Waals surface area contributed by atoms with Gasteiger partial charge in [0.05, 0.1) is 12.1 Å². The molecule has 0 aliphatic rings. The minimum absolute atomic E-state index is 0.0720. The molecule has 6 nitrogen and oxygen atoms in total. The maximum absolute atomic E-state index is 12.5. The number of benzene rings is 2. The van der Waals surface area contributed by atoms with E-state index >= 15 is 0 Å². The Morgan fingerprint density at radius 1 is 1.07 bits per heavy atom. The van der Waals surface area contributed by atoms with Crippen LogP contribution >= 0.6 is 0 Å². The molecule has 0 radical (unpaired) electrons. The van der Waals surface area contributed by atoms with Crippen molar-refractivity contribution in [1.29, 1.82) is 0 Å². The summed E-state index contributed by atoms with van der Waals surface area (Å²) in [5.41, 5.74) is 1.72. The average Bonchev–Trinajstić information content (AvgIpc) is 3.11. The van der Waals surface area contributed by atoms with Gasteiger partial charge in [0.2, 0.25) is 5.91 Å². The number of carbonyl (C=O) groups excluding carboxylic acids is 1. The van der Waals surface area contributed by atoms with E-state index in [0.29, 0.717) is 11.6 Å². The van der Waals surface area contributed by atoms with E-state index in [4.69, 9.17) is 4.52 Å². The van der Waals surface area contributed by atoms with Crippen LogP contribution in [0, 0.1) is 6.92 Å². The lowest BCUT2D eigenvalue weighted by atomic mass is 9.97. The number of ether oxygens (including phenoxy) is 1. The maximum atomic E-state index is 12.5. The fourth-order valence-corrected chi connectivity index (χ4v) is 2.86. The molecule has 1 heterocycles. The largest absolute Gasteiger partial charge is 0.435 e. The zero-order valence-corrected chi connectivity index (χ0v) is 15.9. The highest BCUT2D eigenvalue weighted by molar-refractivity contribution is 5.93. The summed E-state index contributed by atoms with van der Waals surface area (Å²) in [6.45, 7) is 0.580. The van der Waals surface area contributed by atoms with Gasteiger partial charge < -0.3 is 14.6 Å². The average molecular weight is 401 g/mol. The summed E-state index contributed by atoms with van der Waals surface area (Å²) in [5, 5.41) is 9.73. The van der Waals surface area contributed by atoms with Gasteiger partial charge in [-0.1, -0.05) is 47.6 Å². The van der Waals surface area contributed by atoms with E-state index in [1.54, 1.807) is 32.0 Å². The minimum atomic E-state index is -2.88. The molecule has 0 saturated carbocycles. The number of amides is 1. The van der Waals surface area contributed by atoms with Gasteiger partial charge in [-0.3, -0.25) is 10.1 Å². The number of alkyl halides is 2. The Morgan fingerprint density at radius 3 is 2.31 bits per heavy atom. The van der Waals surface area contributed by atoms with E-state index < -0.39 is 12.7 Å². The van der Waals surface area contributed by atoms with Gasteiger partial charge in [-0.25, -0.2) is 0 Å². The highest BCUT2D eigenvalue weighted by Gasteiger charge is 2.21. The second-order valence-electron chi connectivity index (χ2n) is 6.49. The Balaban J connectivity index is 1.78. The van der Waals surface area contributed by atoms with Crippen LogP contribution in [0.5, 0.6) is 5.75 Å². The number of nitrogens with zero attached hydrogens (tertiary/aromatic N) is 1. The Kier molecular flexibility index (Phi) is 6.56. The van der Waals surface area contributed by atoms with Crippen molar-refractivity contribution >= 4 is 11.7 Å². The van der Waals surface area contributed by atoms with Gasteiger partial charge in [-0.2, -0.15) is 8.78 Å². The van der Waals surface area contributed by atoms with Crippen molar-refractivity contribution in [3.63, 3.8) is 0 Å². The first-order valence-electron chi connectivity index (χ1n) is 9.02. The predicted molar refractivity (Wildman–Crippen MR) is 104 cm³/mol. The lowest BCUT2D eigenvalue weighted by Gasteiger charge is -2.24. The van der Waals surface area contributed by atoms with Gasteiger partial charge in [-0.15, -0.1) is 0 Å². The third-order valence-corrected chi connectivity index (χ3v) is 4.26. The molecule has 0 aliphatic heterocycles. The number of aromatic nitrogens is 1. The Hall–Kier alpha value is -3.26. The molecule has 8 heteroatoms. The predicted octanol–water partition coefficient (Wildman–Crippen LogP) is 4.29. The molecular weight excluding hydrogens is 380 g/mol. The van der Waals surface area contributed by atoms with Crippen LogP contribution in [0.3, 0.4) is 0 Å². The number of halogens is 2. The van der Waals surface area contributed by atoms with E-state index in [2.05, 4.69) is 20.5 Å². The van der Waals surface area contributed by atoms with Crippen molar-refractivity contribution in [2.24, 2.45) is 0 Å². The van der Waals surface area contributed by atoms with Crippen LogP contribution in [0.4, 0.5) is 14.6 Å². The zero-order chi connectivity index (χ0) is 20.8. The number of anilines is 1. The van der Waals surface area contributed by atoms with Crippen LogP contribution < -0.4 is 15.4 Å². The molecule has 0 spiro atoms. The van der Waals surface area contributed by atoms with Crippen molar-refractivity contribution in [1.82, 2.24) is 10.5 Å². The number of carbonyl (C=O) groups is 1. The number of hydrogen-bond acceptors (Lipinski definition) is 5. The van der Waals surface area contributed by atoms with Crippen LogP contribution in [0.15, 0.2) is 65.2 Å². The maximum Gasteiger partial charge on any atom is 0.387 e. The minimum Gasteiger partial charge on any atom is -0.435 e. The fraction of sp³-hybridized carbons (Fsp3) is 0.238. The molecule has 3 rings (SSSR count). The quantitative estimate of drug-likeness (QED) is 0.589. The zero-order valence-electron chi connectivity index (χ0n) is 15.9. The lowest BCUT2D eigenvalue weighted by molar-refractivity contribution is -0.117. The van der Waals surface area contributed by atoms with Crippen molar-refractivity contribution in [2.45, 2.75) is 32.5 Å². The van der Waals surface area contributed by atoms with Gasteiger partial charge >= 0.3 is 6.61 Å². The first-order valence-corrected chi connectivity index (χ1v) is 9.02. The second kappa shape index (κ2) is 9.29. The number of aryl methyl sites for hydroxylation is 1. The van der Waals surface area contributed by atoms with Gasteiger partial charge in [0.25, 0.3) is 0 Å². The molecular formula is C21H21F2N3O3. The van der Waals surface area contributed by atoms with Crippen molar-refractivity contribution in [2.75, 3.05) is 5.32 Å². The summed E-state index contributed by atoms with van der Waals surface area (Å²) in [6, 6.07) is 16.6. The summed E-state index contributed by atoms with van der Waals surface area (Å²) in [7, 11) is 0. The summed E-state index contributed by atoms with van der Waals surface area (Å²) < 4.78 is 34.2. The molecule has 0 saturated heterocycles. The lowest BCUT2D eigenvalue weighted by Crippen LogP contribution is -2.40. The van der Waals surface area contributed by atoms with Gasteiger partial charge in [-0.05, 0) is 37.1 Å². The van der Waals surface area contributed by atoms with Crippen LogP contribution in [0.2, 0.25) is 0 Å². The van der Waals surface area contributed by atoms with E-state index in [1.807, 2.05) is 30.3 Å². The van der Waals surface area contributed by atoms with Crippen molar-refractivity contribution in [3.05, 3.63) is 77.6 Å². The summed E-state index contributed by atoms with van der Waals surface area (Å²) in [6.07, 6.45) is 0. The van der Waals surface area contributed by atoms with Crippen molar-refractivity contribution < 1.29 is 22.8 Å². The van der Waals surface area contributed by atoms with Crippen molar-refractivity contribution in [3.8, 4) is 5.75 Å². The Labute approximate surface area is 166 Å². The molecule has 1 aromatic heterocycles. The SMILES string of the molecule is Cc1cc(NC(=O)C(C)NC(c2ccccc2)c2ccc(OC(F)F)cc2)no1. The highest BCUT2D eigenvalue weighted by Crippen LogP contribution is 2.25. The van der Waals surface area contributed by atoms with E-state index in [0.717, 1.165) is 11.1 Å². The molecule has 2 aromatic carbocycles. The smallest absolute Gasteiger partial charge is 0.387 e. The number of rotatable bonds is 8. The van der Waals surface area contributed by atoms with Gasteiger partial charge in [0, 0.05) is 6.07 Å². The van der Waals surface area contributed by atoms with E-state index in [1.165, 1.54) is 12.1 Å². The van der Waals surface area contributed by atoms with Crippen LogP contribution in [-0.4, -0.2) is 23.7 Å². The highest BCUT2D eigenvalue weighted by atomic mass is 19.3. The van der Waals surface area contributed by atoms with Crippen LogP contribution in [-0.2, 0) is 4.79 Å². The van der Waals surface area contributed by atoms with E-state index in [-0.39, 0.29) is 17.7 Å². The normalized spacial score (nSPS) is 13.1. The first-order chi connectivity index (χ1) is 13.9. The third kappa shape index (κ3) is 5.61. The molecule has 0 fully saturated rings. The monoisotopic (exact) mass is 401 g/mol. The Morgan fingerprint density at radius 2 is 1.72 bits per heavy atom. The first kappa shape index (κ1) is 20.5. The second-order valence-corrected chi connectivity index (χ2v) is 6.49. The molecule has 3 aromatic rings. The molecule has 29 heavy (non-hydrogen) atoms. The van der Waals surface area contributed by atoms with Crippen LogP contribution in [0.25, 0.3) is 0 Å². The summed E-state index contributed by atoms with van der Waals surface area (Å²) >= 11 is 0. The number of nitrogens with one attached hydrogen (secondary N) is 2. The topological polar surface area (TPSA) is 76.4 Å². The summed E-state index contributed by atoms with van der Waals surface area (Å²) in [4.78, 5) is 12.5. The Bertz CT molecular complexity index is 930. The molecule has 152 valence electrons. The third-order valence-electron chi connectivity index (χ3n) is 4.26. The molecule has 2 unspecified atom stereocenters. The van der Waals surface area contributed by atoms with Gasteiger partial charge in [0.1, 0.15) is 11.5 Å². The van der Waals surface area contributed by atoms with E-state index in [9.17, 15) is 13.6 Å². The molecule has 1 amide bonds. The fourth-order valence-electron chi connectivity index (χ4n) is 2.86. The summed E-state index contributed by atoms with van der Waals surface area (Å²) in [5.74, 6) is 0.722.